The molecule has 4 aromatic rings. The molecule has 0 aliphatic carbocycles. The largest absolute Gasteiger partial charge is 0.477 e. The first-order chi connectivity index (χ1) is 12.8. The van der Waals surface area contributed by atoms with E-state index >= 15 is 0 Å². The molecule has 27 heavy (non-hydrogen) atoms. The van der Waals surface area contributed by atoms with Crippen LogP contribution in [0.2, 0.25) is 0 Å². The topological polar surface area (TPSA) is 88.0 Å². The maximum atomic E-state index is 12.9. The summed E-state index contributed by atoms with van der Waals surface area (Å²) < 4.78 is 1.17. The van der Waals surface area contributed by atoms with Crippen LogP contribution in [0.4, 0.5) is 0 Å². The number of carboxylic acids is 1. The minimum atomic E-state index is -1.28. The number of carboxylic acid groups (broad SMARTS) is 1. The summed E-state index contributed by atoms with van der Waals surface area (Å²) in [4.78, 5) is 27.7. The van der Waals surface area contributed by atoms with Gasteiger partial charge in [-0.05, 0) is 29.2 Å². The maximum absolute atomic E-state index is 12.9. The Bertz CT molecular complexity index is 1240. The highest BCUT2D eigenvalue weighted by Gasteiger charge is 2.22. The number of nitrogens with zero attached hydrogens (tertiary/aromatic N) is 2. The third kappa shape index (κ3) is 2.70. The van der Waals surface area contributed by atoms with E-state index in [4.69, 9.17) is 0 Å². The summed E-state index contributed by atoms with van der Waals surface area (Å²) in [6.07, 6.45) is 0. The molecule has 2 heterocycles. The second-order valence-electron chi connectivity index (χ2n) is 7.59. The van der Waals surface area contributed by atoms with E-state index in [1.165, 1.54) is 4.68 Å². The Balaban J connectivity index is 2.03. The molecule has 2 aromatic carbocycles. The molecular formula is C21H19N3O3. The molecule has 4 rings (SSSR count). The summed E-state index contributed by atoms with van der Waals surface area (Å²) in [5.74, 6) is -1.28. The van der Waals surface area contributed by atoms with Gasteiger partial charge in [-0.1, -0.05) is 51.1 Å². The first-order valence-electron chi connectivity index (χ1n) is 8.65. The SMILES string of the molecule is CC(C)(C)c1ccc(-n2nc3c([nH]c4ccccc43)c(C(=O)O)c2=O)cc1. The molecule has 2 N–H and O–H groups in total. The molecule has 0 fully saturated rings. The monoisotopic (exact) mass is 361 g/mol. The molecule has 0 amide bonds. The summed E-state index contributed by atoms with van der Waals surface area (Å²) in [6.45, 7) is 6.31. The van der Waals surface area contributed by atoms with Crippen molar-refractivity contribution in [1.29, 1.82) is 0 Å². The van der Waals surface area contributed by atoms with E-state index in [9.17, 15) is 14.7 Å². The van der Waals surface area contributed by atoms with E-state index in [1.807, 2.05) is 36.4 Å². The van der Waals surface area contributed by atoms with Crippen LogP contribution in [0.3, 0.4) is 0 Å². The van der Waals surface area contributed by atoms with Gasteiger partial charge in [0.05, 0.1) is 11.2 Å². The van der Waals surface area contributed by atoms with Gasteiger partial charge in [0.25, 0.3) is 5.56 Å². The van der Waals surface area contributed by atoms with E-state index in [0.29, 0.717) is 11.2 Å². The normalized spacial score (nSPS) is 12.0. The van der Waals surface area contributed by atoms with Gasteiger partial charge >= 0.3 is 5.97 Å². The van der Waals surface area contributed by atoms with Crippen LogP contribution in [0.5, 0.6) is 0 Å². The number of fused-ring (bicyclic) bond motifs is 3. The summed E-state index contributed by atoms with van der Waals surface area (Å²) in [6, 6.07) is 14.8. The predicted molar refractivity (Wildman–Crippen MR) is 105 cm³/mol. The minimum Gasteiger partial charge on any atom is -0.477 e. The number of H-pyrrole nitrogens is 1. The van der Waals surface area contributed by atoms with Crippen LogP contribution in [-0.2, 0) is 5.41 Å². The van der Waals surface area contributed by atoms with Crippen LogP contribution >= 0.6 is 0 Å². The predicted octanol–water partition coefficient (Wildman–Crippen LogP) is 3.86. The smallest absolute Gasteiger partial charge is 0.343 e. The van der Waals surface area contributed by atoms with E-state index in [2.05, 4.69) is 30.9 Å². The molecule has 0 spiro atoms. The summed E-state index contributed by atoms with van der Waals surface area (Å²) in [5, 5.41) is 14.9. The van der Waals surface area contributed by atoms with Gasteiger partial charge in [0.15, 0.2) is 5.56 Å². The van der Waals surface area contributed by atoms with Crippen molar-refractivity contribution in [2.24, 2.45) is 0 Å². The van der Waals surface area contributed by atoms with Gasteiger partial charge in [0.2, 0.25) is 0 Å². The zero-order valence-corrected chi connectivity index (χ0v) is 15.3. The number of hydrogen-bond acceptors (Lipinski definition) is 3. The van der Waals surface area contributed by atoms with Crippen LogP contribution in [-0.4, -0.2) is 25.8 Å². The number of rotatable bonds is 2. The average molecular weight is 361 g/mol. The van der Waals surface area contributed by atoms with Crippen LogP contribution in [0, 0.1) is 0 Å². The fourth-order valence-electron chi connectivity index (χ4n) is 3.25. The highest BCUT2D eigenvalue weighted by molar-refractivity contribution is 6.11. The van der Waals surface area contributed by atoms with Crippen LogP contribution in [0.25, 0.3) is 27.6 Å². The third-order valence-corrected chi connectivity index (χ3v) is 4.73. The second-order valence-corrected chi connectivity index (χ2v) is 7.59. The van der Waals surface area contributed by atoms with Crippen molar-refractivity contribution in [3.8, 4) is 5.69 Å². The van der Waals surface area contributed by atoms with Crippen molar-refractivity contribution in [3.05, 3.63) is 70.0 Å². The number of aromatic carboxylic acids is 1. The Morgan fingerprint density at radius 2 is 1.74 bits per heavy atom. The Morgan fingerprint density at radius 1 is 1.07 bits per heavy atom. The Morgan fingerprint density at radius 3 is 2.37 bits per heavy atom. The van der Waals surface area contributed by atoms with E-state index in [-0.39, 0.29) is 16.5 Å². The van der Waals surface area contributed by atoms with E-state index in [1.54, 1.807) is 12.1 Å². The molecular weight excluding hydrogens is 342 g/mol. The summed E-state index contributed by atoms with van der Waals surface area (Å²) >= 11 is 0. The fraction of sp³-hybridized carbons (Fsp3) is 0.190. The molecule has 6 heteroatoms. The standard InChI is InChI=1S/C21H19N3O3/c1-21(2,3)12-8-10-13(11-9-12)24-19(25)16(20(26)27)18-17(23-24)14-6-4-5-7-15(14)22-18/h4-11,22H,1-3H3,(H,26,27). The van der Waals surface area contributed by atoms with Crippen LogP contribution in [0.1, 0.15) is 36.7 Å². The highest BCUT2D eigenvalue weighted by atomic mass is 16.4. The van der Waals surface area contributed by atoms with Crippen molar-refractivity contribution in [3.63, 3.8) is 0 Å². The number of carbonyl (C=O) groups is 1. The average Bonchev–Trinajstić information content (AvgIpc) is 2.98. The van der Waals surface area contributed by atoms with E-state index in [0.717, 1.165) is 16.5 Å². The Hall–Kier alpha value is -3.41. The quantitative estimate of drug-likeness (QED) is 0.567. The van der Waals surface area contributed by atoms with Crippen LogP contribution in [0.15, 0.2) is 53.3 Å². The van der Waals surface area contributed by atoms with Crippen molar-refractivity contribution in [2.75, 3.05) is 0 Å². The molecule has 6 nitrogen and oxygen atoms in total. The first kappa shape index (κ1) is 17.0. The third-order valence-electron chi connectivity index (χ3n) is 4.73. The zero-order chi connectivity index (χ0) is 19.3. The lowest BCUT2D eigenvalue weighted by Gasteiger charge is -2.19. The van der Waals surface area contributed by atoms with Crippen molar-refractivity contribution >= 4 is 27.9 Å². The van der Waals surface area contributed by atoms with Crippen molar-refractivity contribution in [1.82, 2.24) is 14.8 Å². The van der Waals surface area contributed by atoms with Crippen molar-refractivity contribution < 1.29 is 9.90 Å². The minimum absolute atomic E-state index is 0.0239. The van der Waals surface area contributed by atoms with Gasteiger partial charge in [-0.2, -0.15) is 9.78 Å². The molecule has 0 saturated heterocycles. The first-order valence-corrected chi connectivity index (χ1v) is 8.65. The van der Waals surface area contributed by atoms with Gasteiger partial charge in [0, 0.05) is 10.9 Å². The molecule has 136 valence electrons. The lowest BCUT2D eigenvalue weighted by Crippen LogP contribution is -2.27. The number of aromatic nitrogens is 3. The van der Waals surface area contributed by atoms with Gasteiger partial charge in [-0.15, -0.1) is 0 Å². The van der Waals surface area contributed by atoms with Gasteiger partial charge in [0.1, 0.15) is 5.52 Å². The number of aromatic amines is 1. The number of nitrogens with one attached hydrogen (secondary N) is 1. The molecule has 2 aromatic heterocycles. The highest BCUT2D eigenvalue weighted by Crippen LogP contribution is 2.26. The van der Waals surface area contributed by atoms with Crippen molar-refractivity contribution in [2.45, 2.75) is 26.2 Å². The molecule has 0 aliphatic heterocycles. The summed E-state index contributed by atoms with van der Waals surface area (Å²) in [5.41, 5.74) is 2.10. The zero-order valence-electron chi connectivity index (χ0n) is 15.3. The Kier molecular flexibility index (Phi) is 3.66. The van der Waals surface area contributed by atoms with Gasteiger partial charge in [-0.3, -0.25) is 4.79 Å². The Labute approximate surface area is 155 Å². The van der Waals surface area contributed by atoms with E-state index < -0.39 is 11.5 Å². The second kappa shape index (κ2) is 5.81. The number of para-hydroxylation sites is 1. The molecule has 0 saturated carbocycles. The molecule has 0 atom stereocenters. The molecule has 0 unspecified atom stereocenters. The van der Waals surface area contributed by atoms with Gasteiger partial charge < -0.3 is 10.1 Å². The molecule has 0 bridgehead atoms. The lowest BCUT2D eigenvalue weighted by atomic mass is 9.87. The number of benzene rings is 2. The lowest BCUT2D eigenvalue weighted by molar-refractivity contribution is 0.0696. The van der Waals surface area contributed by atoms with Gasteiger partial charge in [-0.25, -0.2) is 4.79 Å². The number of hydrogen-bond donors (Lipinski definition) is 2. The fourth-order valence-corrected chi connectivity index (χ4v) is 3.25. The van der Waals surface area contributed by atoms with Crippen LogP contribution < -0.4 is 5.56 Å². The maximum Gasteiger partial charge on any atom is 0.343 e. The summed E-state index contributed by atoms with van der Waals surface area (Å²) in [7, 11) is 0. The molecule has 0 aliphatic rings. The molecule has 0 radical (unpaired) electrons.